The number of nitrogens with zero attached hydrogens (tertiary/aromatic N) is 4. The Morgan fingerprint density at radius 2 is 1.04 bits per heavy atom. The van der Waals surface area contributed by atoms with E-state index in [1.165, 1.54) is 0 Å². The quantitative estimate of drug-likeness (QED) is 0.144. The molecule has 48 heavy (non-hydrogen) atoms. The molecule has 6 aromatic carbocycles. The van der Waals surface area contributed by atoms with E-state index in [-0.39, 0.29) is 0 Å². The molecule has 0 radical (unpaired) electrons. The van der Waals surface area contributed by atoms with E-state index < -0.39 is 0 Å². The Labute approximate surface area is 278 Å². The minimum absolute atomic E-state index is 0.528. The first kappa shape index (κ1) is 28.6. The van der Waals surface area contributed by atoms with Crippen LogP contribution >= 0.6 is 0 Å². The largest absolute Gasteiger partial charge is 0.276 e. The van der Waals surface area contributed by atoms with E-state index >= 15 is 0 Å². The summed E-state index contributed by atoms with van der Waals surface area (Å²) in [6.07, 6.45) is 6.71. The number of nitriles is 1. The van der Waals surface area contributed by atoms with Crippen LogP contribution in [0, 0.1) is 17.9 Å². The minimum Gasteiger partial charge on any atom is -0.276 e. The van der Waals surface area contributed by atoms with Gasteiger partial charge in [0.15, 0.2) is 0 Å². The molecular formula is C44H26N4. The zero-order valence-corrected chi connectivity index (χ0v) is 25.8. The van der Waals surface area contributed by atoms with Gasteiger partial charge in [-0.15, -0.1) is 0 Å². The monoisotopic (exact) mass is 610 g/mol. The van der Waals surface area contributed by atoms with Crippen LogP contribution < -0.4 is 0 Å². The Morgan fingerprint density at radius 1 is 0.479 bits per heavy atom. The van der Waals surface area contributed by atoms with Gasteiger partial charge in [-0.2, -0.15) is 5.26 Å². The fourth-order valence-corrected chi connectivity index (χ4v) is 6.75. The molecule has 4 nitrogen and oxygen atoms in total. The van der Waals surface area contributed by atoms with Crippen LogP contribution in [-0.2, 0) is 0 Å². The molecular weight excluding hydrogens is 585 g/mol. The molecule has 0 aliphatic rings. The van der Waals surface area contributed by atoms with Gasteiger partial charge < -0.3 is 0 Å². The van der Waals surface area contributed by atoms with E-state index in [4.69, 9.17) is 6.57 Å². The molecule has 2 aromatic heterocycles. The van der Waals surface area contributed by atoms with Gasteiger partial charge in [0, 0.05) is 30.4 Å². The van der Waals surface area contributed by atoms with Crippen molar-refractivity contribution in [1.82, 2.24) is 9.97 Å². The molecule has 0 bridgehead atoms. The molecule has 8 aromatic rings. The molecule has 4 heteroatoms. The van der Waals surface area contributed by atoms with E-state index in [1.54, 1.807) is 24.8 Å². The topological polar surface area (TPSA) is 53.9 Å². The average Bonchev–Trinajstić information content (AvgIpc) is 3.17. The van der Waals surface area contributed by atoms with Crippen molar-refractivity contribution in [3.8, 4) is 61.7 Å². The van der Waals surface area contributed by atoms with Crippen LogP contribution in [0.5, 0.6) is 0 Å². The first-order chi connectivity index (χ1) is 23.7. The molecule has 0 N–H and O–H groups in total. The maximum Gasteiger partial charge on any atom is 0.212 e. The molecule has 0 saturated carbocycles. The Hall–Kier alpha value is -6.88. The molecule has 0 saturated heterocycles. The van der Waals surface area contributed by atoms with Gasteiger partial charge in [0.25, 0.3) is 0 Å². The summed E-state index contributed by atoms with van der Waals surface area (Å²) in [6.45, 7) is 7.74. The Morgan fingerprint density at radius 3 is 1.73 bits per heavy atom. The molecule has 222 valence electrons. The molecule has 0 aliphatic heterocycles. The van der Waals surface area contributed by atoms with Crippen molar-refractivity contribution in [2.24, 2.45) is 0 Å². The Bertz CT molecular complexity index is 2590. The molecule has 0 amide bonds. The second-order valence-electron chi connectivity index (χ2n) is 11.6. The van der Waals surface area contributed by atoms with Gasteiger partial charge >= 0.3 is 0 Å². The van der Waals surface area contributed by atoms with Crippen LogP contribution in [0.2, 0.25) is 0 Å². The highest BCUT2D eigenvalue weighted by Crippen LogP contribution is 2.46. The summed E-state index contributed by atoms with van der Waals surface area (Å²) in [5.74, 6) is 0. The summed E-state index contributed by atoms with van der Waals surface area (Å²) in [6, 6.07) is 48.8. The zero-order valence-electron chi connectivity index (χ0n) is 25.8. The summed E-state index contributed by atoms with van der Waals surface area (Å²) in [4.78, 5) is 12.1. The number of benzene rings is 6. The number of fused-ring (bicyclic) bond motifs is 2. The molecule has 0 aliphatic carbocycles. The highest BCUT2D eigenvalue weighted by atomic mass is 14.7. The molecule has 8 rings (SSSR count). The summed E-state index contributed by atoms with van der Waals surface area (Å²) < 4.78 is 0. The standard InChI is InChI=1S/C44H26N4/c1-46-42-28-48-22-20-37(42)32-12-8-14-34(24-32)44-39-16-6-5-15-38(39)43(40-18-17-30(25-41(40)44)29-9-3-2-4-10-29)33-13-7-11-31(23-33)36-19-21-47-27-35(36)26-45/h2-25,27-28H. The van der Waals surface area contributed by atoms with Crippen molar-refractivity contribution in [2.75, 3.05) is 0 Å². The van der Waals surface area contributed by atoms with Crippen LogP contribution in [0.15, 0.2) is 158 Å². The lowest BCUT2D eigenvalue weighted by molar-refractivity contribution is 1.30. The van der Waals surface area contributed by atoms with Gasteiger partial charge in [-0.05, 0) is 102 Å². The van der Waals surface area contributed by atoms with E-state index in [1.807, 2.05) is 24.3 Å². The maximum atomic E-state index is 9.82. The van der Waals surface area contributed by atoms with Crippen molar-refractivity contribution < 1.29 is 0 Å². The second kappa shape index (κ2) is 12.1. The summed E-state index contributed by atoms with van der Waals surface area (Å²) >= 11 is 0. The minimum atomic E-state index is 0.528. The van der Waals surface area contributed by atoms with Gasteiger partial charge in [-0.3, -0.25) is 9.97 Å². The van der Waals surface area contributed by atoms with Crippen LogP contribution in [0.3, 0.4) is 0 Å². The highest BCUT2D eigenvalue weighted by molar-refractivity contribution is 6.22. The van der Waals surface area contributed by atoms with Crippen molar-refractivity contribution in [2.45, 2.75) is 0 Å². The average molecular weight is 611 g/mol. The third kappa shape index (κ3) is 4.95. The number of rotatable bonds is 5. The Kier molecular flexibility index (Phi) is 7.23. The second-order valence-corrected chi connectivity index (χ2v) is 11.6. The van der Waals surface area contributed by atoms with Crippen LogP contribution in [0.25, 0.3) is 82.0 Å². The van der Waals surface area contributed by atoms with E-state index in [0.717, 1.165) is 77.2 Å². The van der Waals surface area contributed by atoms with Crippen molar-refractivity contribution in [3.05, 3.63) is 175 Å². The normalized spacial score (nSPS) is 10.9. The SMILES string of the molecule is [C-]#[N+]c1cnccc1-c1cccc(-c2c3ccccc3c(-c3cccc(-c4ccncc4C#N)c3)c3ccc(-c4ccccc4)cc23)c1. The fourth-order valence-electron chi connectivity index (χ4n) is 6.75. The van der Waals surface area contributed by atoms with E-state index in [9.17, 15) is 5.26 Å². The predicted octanol–water partition coefficient (Wildman–Crippen LogP) is 11.5. The first-order valence-corrected chi connectivity index (χ1v) is 15.6. The van der Waals surface area contributed by atoms with Crippen molar-refractivity contribution in [3.63, 3.8) is 0 Å². The van der Waals surface area contributed by atoms with Crippen LogP contribution in [0.1, 0.15) is 5.56 Å². The van der Waals surface area contributed by atoms with Gasteiger partial charge in [0.1, 0.15) is 6.07 Å². The predicted molar refractivity (Wildman–Crippen MR) is 195 cm³/mol. The van der Waals surface area contributed by atoms with E-state index in [2.05, 4.69) is 130 Å². The maximum absolute atomic E-state index is 9.82. The fraction of sp³-hybridized carbons (Fsp3) is 0. The summed E-state index contributed by atoms with van der Waals surface area (Å²) in [7, 11) is 0. The third-order valence-electron chi connectivity index (χ3n) is 8.92. The zero-order chi connectivity index (χ0) is 32.5. The smallest absolute Gasteiger partial charge is 0.212 e. The molecule has 0 spiro atoms. The van der Waals surface area contributed by atoms with Crippen LogP contribution in [0.4, 0.5) is 5.69 Å². The third-order valence-corrected chi connectivity index (χ3v) is 8.92. The van der Waals surface area contributed by atoms with Crippen LogP contribution in [-0.4, -0.2) is 9.97 Å². The molecule has 0 atom stereocenters. The number of hydrogen-bond donors (Lipinski definition) is 0. The van der Waals surface area contributed by atoms with Gasteiger partial charge in [0.2, 0.25) is 5.69 Å². The lowest BCUT2D eigenvalue weighted by Crippen LogP contribution is -1.93. The lowest BCUT2D eigenvalue weighted by Gasteiger charge is -2.19. The summed E-state index contributed by atoms with van der Waals surface area (Å²) in [5, 5.41) is 14.4. The van der Waals surface area contributed by atoms with Crippen molar-refractivity contribution >= 4 is 27.2 Å². The van der Waals surface area contributed by atoms with Crippen molar-refractivity contribution in [1.29, 1.82) is 5.26 Å². The van der Waals surface area contributed by atoms with Gasteiger partial charge in [-0.25, -0.2) is 4.85 Å². The highest BCUT2D eigenvalue weighted by Gasteiger charge is 2.19. The summed E-state index contributed by atoms with van der Waals surface area (Å²) in [5.41, 5.74) is 11.4. The number of aromatic nitrogens is 2. The molecule has 0 fully saturated rings. The van der Waals surface area contributed by atoms with Gasteiger partial charge in [-0.1, -0.05) is 103 Å². The molecule has 0 unspecified atom stereocenters. The Balaban J connectivity index is 1.44. The van der Waals surface area contributed by atoms with E-state index in [0.29, 0.717) is 11.3 Å². The number of hydrogen-bond acceptors (Lipinski definition) is 3. The number of pyridine rings is 2. The molecule has 2 heterocycles. The van der Waals surface area contributed by atoms with Gasteiger partial charge in [0.05, 0.1) is 12.1 Å². The first-order valence-electron chi connectivity index (χ1n) is 15.6. The lowest BCUT2D eigenvalue weighted by atomic mass is 9.84.